The zero-order valence-electron chi connectivity index (χ0n) is 22.2. The van der Waals surface area contributed by atoms with Crippen molar-refractivity contribution in [1.82, 2.24) is 39.6 Å². The fraction of sp³-hybridized carbons (Fsp3) is 0.464. The van der Waals surface area contributed by atoms with Crippen molar-refractivity contribution < 1.29 is 9.53 Å². The quantitative estimate of drug-likeness (QED) is 0.398. The Morgan fingerprint density at radius 3 is 2.64 bits per heavy atom. The highest BCUT2D eigenvalue weighted by Crippen LogP contribution is 2.28. The van der Waals surface area contributed by atoms with E-state index in [1.807, 2.05) is 18.2 Å². The summed E-state index contributed by atoms with van der Waals surface area (Å²) in [5, 5.41) is 2.91. The van der Waals surface area contributed by atoms with Crippen LogP contribution in [0.25, 0.3) is 28.0 Å². The first-order valence-corrected chi connectivity index (χ1v) is 13.9. The van der Waals surface area contributed by atoms with Crippen LogP contribution in [0.15, 0.2) is 36.4 Å². The van der Waals surface area contributed by atoms with E-state index in [4.69, 9.17) is 24.7 Å². The molecule has 1 aromatic carbocycles. The fourth-order valence-corrected chi connectivity index (χ4v) is 5.85. The van der Waals surface area contributed by atoms with Crippen LogP contribution >= 0.6 is 0 Å². The van der Waals surface area contributed by atoms with Crippen LogP contribution < -0.4 is 10.2 Å². The second-order valence-corrected chi connectivity index (χ2v) is 10.5. The lowest BCUT2D eigenvalue weighted by atomic mass is 10.1. The van der Waals surface area contributed by atoms with Gasteiger partial charge < -0.3 is 15.0 Å². The fourth-order valence-electron chi connectivity index (χ4n) is 5.85. The Bertz CT molecular complexity index is 1520. The van der Waals surface area contributed by atoms with Crippen molar-refractivity contribution in [3.8, 4) is 5.95 Å². The van der Waals surface area contributed by atoms with E-state index in [-0.39, 0.29) is 5.91 Å². The molecule has 11 nitrogen and oxygen atoms in total. The summed E-state index contributed by atoms with van der Waals surface area (Å²) in [7, 11) is 0. The number of hydrogen-bond donors (Lipinski definition) is 1. The minimum absolute atomic E-state index is 0.126. The van der Waals surface area contributed by atoms with Crippen molar-refractivity contribution in [2.75, 3.05) is 63.9 Å². The highest BCUT2D eigenvalue weighted by molar-refractivity contribution is 5.87. The molecule has 1 amide bonds. The Hall–Kier alpha value is -3.67. The summed E-state index contributed by atoms with van der Waals surface area (Å²) in [6, 6.07) is 12.7. The average Bonchev–Trinajstić information content (AvgIpc) is 3.33. The third kappa shape index (κ3) is 4.60. The van der Waals surface area contributed by atoms with Gasteiger partial charge in [0.15, 0.2) is 5.82 Å². The van der Waals surface area contributed by atoms with Crippen LogP contribution in [0.2, 0.25) is 0 Å². The first-order valence-electron chi connectivity index (χ1n) is 13.9. The predicted octanol–water partition coefficient (Wildman–Crippen LogP) is 1.38. The molecule has 3 saturated heterocycles. The maximum atomic E-state index is 11.8. The number of amides is 1. The number of aryl methyl sites for hydroxylation is 1. The highest BCUT2D eigenvalue weighted by Gasteiger charge is 2.34. The second-order valence-electron chi connectivity index (χ2n) is 10.5. The molecule has 39 heavy (non-hydrogen) atoms. The standard InChI is InChI=1S/C28H33N9O2/c1-2-24-31-21-5-3-4-6-23(21)37(24)28-32-22-8-7-19(30-26(22)27(33-28)35-11-13-39-14-12-35)15-34-16-20(17-34)36-10-9-29-25(38)18-36/h3-8,20H,2,9-18H2,1H3,(H,29,38). The molecule has 11 heteroatoms. The van der Waals surface area contributed by atoms with Gasteiger partial charge >= 0.3 is 0 Å². The molecule has 0 spiro atoms. The molecule has 3 aromatic heterocycles. The number of piperazine rings is 1. The van der Waals surface area contributed by atoms with E-state index < -0.39 is 0 Å². The van der Waals surface area contributed by atoms with Gasteiger partial charge in [-0.1, -0.05) is 19.1 Å². The van der Waals surface area contributed by atoms with Gasteiger partial charge in [0.25, 0.3) is 0 Å². The Morgan fingerprint density at radius 1 is 0.974 bits per heavy atom. The first-order chi connectivity index (χ1) is 19.2. The number of benzene rings is 1. The topological polar surface area (TPSA) is 105 Å². The van der Waals surface area contributed by atoms with Gasteiger partial charge in [0.05, 0.1) is 42.0 Å². The van der Waals surface area contributed by atoms with Gasteiger partial charge in [0, 0.05) is 58.3 Å². The van der Waals surface area contributed by atoms with E-state index in [1.54, 1.807) is 0 Å². The summed E-state index contributed by atoms with van der Waals surface area (Å²) in [5.74, 6) is 2.54. The molecule has 0 unspecified atom stereocenters. The maximum Gasteiger partial charge on any atom is 0.238 e. The molecule has 0 atom stereocenters. The molecule has 0 saturated carbocycles. The SMILES string of the molecule is CCc1nc2ccccc2n1-c1nc(N2CCOCC2)c2nc(CN3CC(N4CCNC(=O)C4)C3)ccc2n1. The predicted molar refractivity (Wildman–Crippen MR) is 148 cm³/mol. The number of rotatable bonds is 6. The largest absolute Gasteiger partial charge is 0.378 e. The summed E-state index contributed by atoms with van der Waals surface area (Å²) in [4.78, 5) is 38.8. The Kier molecular flexibility index (Phi) is 6.34. The summed E-state index contributed by atoms with van der Waals surface area (Å²) < 4.78 is 7.72. The number of morpholine rings is 1. The molecule has 4 aromatic rings. The number of nitrogens with one attached hydrogen (secondary N) is 1. The van der Waals surface area contributed by atoms with Gasteiger partial charge in [-0.05, 0) is 24.3 Å². The number of ether oxygens (including phenoxy) is 1. The lowest BCUT2D eigenvalue weighted by Crippen LogP contribution is -2.63. The zero-order valence-corrected chi connectivity index (χ0v) is 22.2. The zero-order chi connectivity index (χ0) is 26.3. The third-order valence-electron chi connectivity index (χ3n) is 7.93. The van der Waals surface area contributed by atoms with E-state index in [9.17, 15) is 4.79 Å². The number of fused-ring (bicyclic) bond motifs is 2. The Balaban J connectivity index is 1.21. The minimum atomic E-state index is 0.126. The normalized spacial score (nSPS) is 19.5. The lowest BCUT2D eigenvalue weighted by molar-refractivity contribution is -0.126. The number of hydrogen-bond acceptors (Lipinski definition) is 9. The number of para-hydroxylation sites is 2. The summed E-state index contributed by atoms with van der Waals surface area (Å²) in [6.07, 6.45) is 0.777. The smallest absolute Gasteiger partial charge is 0.238 e. The van der Waals surface area contributed by atoms with E-state index in [0.29, 0.717) is 31.7 Å². The van der Waals surface area contributed by atoms with Crippen LogP contribution in [-0.2, 0) is 22.5 Å². The van der Waals surface area contributed by atoms with Crippen LogP contribution in [0.3, 0.4) is 0 Å². The molecule has 0 radical (unpaired) electrons. The van der Waals surface area contributed by atoms with Crippen LogP contribution in [0.4, 0.5) is 5.82 Å². The number of likely N-dealkylation sites (tertiary alicyclic amines) is 1. The van der Waals surface area contributed by atoms with E-state index >= 15 is 0 Å². The summed E-state index contributed by atoms with van der Waals surface area (Å²) in [6.45, 7) is 9.80. The first kappa shape index (κ1) is 24.4. The second kappa shape index (κ2) is 10.1. The van der Waals surface area contributed by atoms with E-state index in [0.717, 1.165) is 91.6 Å². The molecule has 6 heterocycles. The monoisotopic (exact) mass is 527 g/mol. The van der Waals surface area contributed by atoms with Gasteiger partial charge in [-0.3, -0.25) is 19.2 Å². The van der Waals surface area contributed by atoms with E-state index in [2.05, 4.69) is 49.7 Å². The number of pyridine rings is 1. The van der Waals surface area contributed by atoms with Gasteiger partial charge in [0.2, 0.25) is 11.9 Å². The molecule has 3 aliphatic rings. The van der Waals surface area contributed by atoms with Crippen molar-refractivity contribution >= 4 is 33.8 Å². The molecule has 202 valence electrons. The van der Waals surface area contributed by atoms with Gasteiger partial charge in [-0.25, -0.2) is 15.0 Å². The molecule has 3 aliphatic heterocycles. The Labute approximate surface area is 226 Å². The molecule has 3 fully saturated rings. The number of carbonyl (C=O) groups excluding carboxylic acids is 1. The third-order valence-corrected chi connectivity index (χ3v) is 7.93. The van der Waals surface area contributed by atoms with Crippen molar-refractivity contribution in [2.45, 2.75) is 25.9 Å². The number of aromatic nitrogens is 5. The van der Waals surface area contributed by atoms with Gasteiger partial charge in [0.1, 0.15) is 11.3 Å². The molecular formula is C28H33N9O2. The van der Waals surface area contributed by atoms with Crippen molar-refractivity contribution in [3.05, 3.63) is 47.9 Å². The van der Waals surface area contributed by atoms with E-state index in [1.165, 1.54) is 0 Å². The molecule has 1 N–H and O–H groups in total. The van der Waals surface area contributed by atoms with Crippen molar-refractivity contribution in [3.63, 3.8) is 0 Å². The highest BCUT2D eigenvalue weighted by atomic mass is 16.5. The van der Waals surface area contributed by atoms with Crippen molar-refractivity contribution in [2.24, 2.45) is 0 Å². The average molecular weight is 528 g/mol. The number of imidazole rings is 1. The number of carbonyl (C=O) groups is 1. The lowest BCUT2D eigenvalue weighted by Gasteiger charge is -2.46. The number of anilines is 1. The summed E-state index contributed by atoms with van der Waals surface area (Å²) >= 11 is 0. The maximum absolute atomic E-state index is 11.8. The van der Waals surface area contributed by atoms with Crippen LogP contribution in [0.1, 0.15) is 18.4 Å². The van der Waals surface area contributed by atoms with Gasteiger partial charge in [-0.2, -0.15) is 4.98 Å². The molecule has 0 bridgehead atoms. The minimum Gasteiger partial charge on any atom is -0.378 e. The number of nitrogens with zero attached hydrogens (tertiary/aromatic N) is 8. The van der Waals surface area contributed by atoms with Crippen molar-refractivity contribution in [1.29, 1.82) is 0 Å². The molecule has 7 rings (SSSR count). The molecule has 0 aliphatic carbocycles. The van der Waals surface area contributed by atoms with Crippen LogP contribution in [-0.4, -0.2) is 105 Å². The van der Waals surface area contributed by atoms with Crippen LogP contribution in [0, 0.1) is 0 Å². The Morgan fingerprint density at radius 2 is 1.82 bits per heavy atom. The van der Waals surface area contributed by atoms with Gasteiger partial charge in [-0.15, -0.1) is 0 Å². The summed E-state index contributed by atoms with van der Waals surface area (Å²) in [5.41, 5.74) is 4.60. The van der Waals surface area contributed by atoms with Crippen LogP contribution in [0.5, 0.6) is 0 Å². The molecular weight excluding hydrogens is 494 g/mol.